The van der Waals surface area contributed by atoms with E-state index in [0.717, 1.165) is 27.7 Å². The molecule has 5 nitrogen and oxygen atoms in total. The Morgan fingerprint density at radius 1 is 1.21 bits per heavy atom. The molecule has 7 heteroatoms. The van der Waals surface area contributed by atoms with Gasteiger partial charge in [-0.05, 0) is 36.4 Å². The minimum Gasteiger partial charge on any atom is -0.467 e. The molecule has 0 spiro atoms. The van der Waals surface area contributed by atoms with E-state index in [4.69, 9.17) is 21.0 Å². The van der Waals surface area contributed by atoms with E-state index < -0.39 is 0 Å². The molecule has 4 aromatic rings. The molecule has 4 rings (SSSR count). The van der Waals surface area contributed by atoms with Gasteiger partial charge in [-0.15, -0.1) is 11.3 Å². The highest BCUT2D eigenvalue weighted by atomic mass is 35.5. The minimum atomic E-state index is 0.00308. The van der Waals surface area contributed by atoms with Crippen LogP contribution in [0.25, 0.3) is 22.0 Å². The first-order valence-corrected chi connectivity index (χ1v) is 9.99. The summed E-state index contributed by atoms with van der Waals surface area (Å²) in [6, 6.07) is 15.2. The maximum absolute atomic E-state index is 12.6. The monoisotopic (exact) mass is 411 g/mol. The summed E-state index contributed by atoms with van der Waals surface area (Å²) < 4.78 is 7.24. The largest absolute Gasteiger partial charge is 0.467 e. The predicted octanol–water partition coefficient (Wildman–Crippen LogP) is 5.18. The number of likely N-dealkylation sites (N-methyl/N-ethyl adjacent to an activating group) is 1. The number of hydrogen-bond acceptors (Lipinski definition) is 4. The van der Waals surface area contributed by atoms with Gasteiger partial charge in [0.05, 0.1) is 24.2 Å². The normalized spacial score (nSPS) is 10.9. The highest BCUT2D eigenvalue weighted by molar-refractivity contribution is 7.13. The van der Waals surface area contributed by atoms with Crippen LogP contribution in [-0.2, 0) is 17.9 Å². The highest BCUT2D eigenvalue weighted by Gasteiger charge is 2.15. The molecule has 3 aromatic heterocycles. The lowest BCUT2D eigenvalue weighted by atomic mass is 10.2. The fourth-order valence-corrected chi connectivity index (χ4v) is 3.88. The topological polar surface area (TPSA) is 51.3 Å². The van der Waals surface area contributed by atoms with Crippen LogP contribution >= 0.6 is 22.9 Å². The fraction of sp³-hybridized carbons (Fsp3) is 0.143. The Morgan fingerprint density at radius 3 is 2.79 bits per heavy atom. The summed E-state index contributed by atoms with van der Waals surface area (Å²) in [5, 5.41) is 3.59. The molecular formula is C21H18ClN3O2S. The lowest BCUT2D eigenvalue weighted by molar-refractivity contribution is -0.131. The Labute approximate surface area is 171 Å². The first-order valence-electron chi connectivity index (χ1n) is 8.73. The summed E-state index contributed by atoms with van der Waals surface area (Å²) in [5.41, 5.74) is 2.83. The first-order chi connectivity index (χ1) is 13.6. The second-order valence-corrected chi connectivity index (χ2v) is 7.69. The molecule has 142 valence electrons. The van der Waals surface area contributed by atoms with Crippen LogP contribution in [-0.4, -0.2) is 27.4 Å². The van der Waals surface area contributed by atoms with Crippen LogP contribution in [0.1, 0.15) is 5.76 Å². The Hall–Kier alpha value is -2.83. The molecule has 3 heterocycles. The number of hydrogen-bond donors (Lipinski definition) is 0. The van der Waals surface area contributed by atoms with Gasteiger partial charge < -0.3 is 13.9 Å². The molecule has 0 aliphatic carbocycles. The number of benzene rings is 1. The number of carbonyl (C=O) groups is 1. The Bertz CT molecular complexity index is 1070. The second kappa shape index (κ2) is 8.04. The van der Waals surface area contributed by atoms with E-state index in [2.05, 4.69) is 0 Å². The number of rotatable bonds is 6. The average molecular weight is 412 g/mol. The molecule has 0 bridgehead atoms. The van der Waals surface area contributed by atoms with Crippen molar-refractivity contribution in [3.8, 4) is 22.0 Å². The molecule has 0 aliphatic rings. The highest BCUT2D eigenvalue weighted by Crippen LogP contribution is 2.30. The molecule has 0 saturated heterocycles. The quantitative estimate of drug-likeness (QED) is 0.439. The summed E-state index contributed by atoms with van der Waals surface area (Å²) in [7, 11) is 1.77. The van der Waals surface area contributed by atoms with E-state index in [1.54, 1.807) is 29.5 Å². The third-order valence-corrected chi connectivity index (χ3v) is 5.51. The molecule has 0 radical (unpaired) electrons. The number of amides is 1. The minimum absolute atomic E-state index is 0.00308. The zero-order chi connectivity index (χ0) is 19.5. The van der Waals surface area contributed by atoms with Crippen LogP contribution in [0.3, 0.4) is 0 Å². The van der Waals surface area contributed by atoms with Gasteiger partial charge in [-0.1, -0.05) is 23.7 Å². The van der Waals surface area contributed by atoms with Crippen molar-refractivity contribution < 1.29 is 9.21 Å². The molecule has 0 N–H and O–H groups in total. The summed E-state index contributed by atoms with van der Waals surface area (Å²) in [6.07, 6.45) is 3.51. The molecule has 0 aliphatic heterocycles. The molecule has 1 amide bonds. The van der Waals surface area contributed by atoms with E-state index in [-0.39, 0.29) is 12.5 Å². The molecule has 28 heavy (non-hydrogen) atoms. The molecular weight excluding hydrogens is 394 g/mol. The first kappa shape index (κ1) is 18.5. The number of thiazole rings is 1. The third kappa shape index (κ3) is 4.03. The Balaban J connectivity index is 1.50. The van der Waals surface area contributed by atoms with Crippen molar-refractivity contribution in [1.29, 1.82) is 0 Å². The molecule has 1 aromatic carbocycles. The van der Waals surface area contributed by atoms with Crippen LogP contribution in [0.5, 0.6) is 0 Å². The maximum atomic E-state index is 12.6. The smallest absolute Gasteiger partial charge is 0.242 e. The number of halogens is 1. The van der Waals surface area contributed by atoms with E-state index in [0.29, 0.717) is 11.6 Å². The van der Waals surface area contributed by atoms with Crippen LogP contribution in [0.15, 0.2) is 70.8 Å². The van der Waals surface area contributed by atoms with Gasteiger partial charge in [0, 0.05) is 29.2 Å². The van der Waals surface area contributed by atoms with Crippen LogP contribution in [0, 0.1) is 0 Å². The van der Waals surface area contributed by atoms with Crippen LogP contribution in [0.2, 0.25) is 5.02 Å². The standard InChI is InChI=1S/C21H18ClN3O2S/c1-24(12-17-4-3-11-27-17)20(26)13-25-10-2-5-19(25)21-23-18(14-28-21)15-6-8-16(22)9-7-15/h2-11,14H,12-13H2,1H3. The van der Waals surface area contributed by atoms with Gasteiger partial charge in [0.2, 0.25) is 5.91 Å². The van der Waals surface area contributed by atoms with E-state index >= 15 is 0 Å². The molecule has 0 atom stereocenters. The van der Waals surface area contributed by atoms with Crippen molar-refractivity contribution in [1.82, 2.24) is 14.5 Å². The van der Waals surface area contributed by atoms with Crippen molar-refractivity contribution in [2.75, 3.05) is 7.05 Å². The predicted molar refractivity (Wildman–Crippen MR) is 111 cm³/mol. The van der Waals surface area contributed by atoms with E-state index in [1.165, 1.54) is 0 Å². The summed E-state index contributed by atoms with van der Waals surface area (Å²) >= 11 is 7.52. The molecule has 0 unspecified atom stereocenters. The summed E-state index contributed by atoms with van der Waals surface area (Å²) in [5.74, 6) is 0.763. The van der Waals surface area contributed by atoms with Gasteiger partial charge in [0.1, 0.15) is 17.3 Å². The zero-order valence-corrected chi connectivity index (χ0v) is 16.8. The lowest BCUT2D eigenvalue weighted by Gasteiger charge is -2.17. The van der Waals surface area contributed by atoms with Gasteiger partial charge in [-0.25, -0.2) is 4.98 Å². The number of carbonyl (C=O) groups excluding carboxylic acids is 1. The van der Waals surface area contributed by atoms with E-state index in [9.17, 15) is 4.79 Å². The zero-order valence-electron chi connectivity index (χ0n) is 15.2. The Morgan fingerprint density at radius 2 is 2.04 bits per heavy atom. The SMILES string of the molecule is CN(Cc1ccco1)C(=O)Cn1cccc1-c1nc(-c2ccc(Cl)cc2)cs1. The molecule has 0 saturated carbocycles. The van der Waals surface area contributed by atoms with Crippen molar-refractivity contribution in [2.24, 2.45) is 0 Å². The summed E-state index contributed by atoms with van der Waals surface area (Å²) in [6.45, 7) is 0.690. The second-order valence-electron chi connectivity index (χ2n) is 6.40. The van der Waals surface area contributed by atoms with Crippen LogP contribution < -0.4 is 0 Å². The van der Waals surface area contributed by atoms with Crippen LogP contribution in [0.4, 0.5) is 0 Å². The fourth-order valence-electron chi connectivity index (χ4n) is 2.88. The summed E-state index contributed by atoms with van der Waals surface area (Å²) in [4.78, 5) is 19.0. The van der Waals surface area contributed by atoms with Crippen molar-refractivity contribution in [2.45, 2.75) is 13.1 Å². The number of nitrogens with zero attached hydrogens (tertiary/aromatic N) is 3. The number of aromatic nitrogens is 2. The molecule has 0 fully saturated rings. The van der Waals surface area contributed by atoms with Gasteiger partial charge in [-0.3, -0.25) is 4.79 Å². The number of furan rings is 1. The van der Waals surface area contributed by atoms with Crippen molar-refractivity contribution >= 4 is 28.8 Å². The van der Waals surface area contributed by atoms with Gasteiger partial charge in [0.15, 0.2) is 0 Å². The van der Waals surface area contributed by atoms with Crippen molar-refractivity contribution in [3.63, 3.8) is 0 Å². The van der Waals surface area contributed by atoms with Gasteiger partial charge in [-0.2, -0.15) is 0 Å². The Kier molecular flexibility index (Phi) is 5.32. The van der Waals surface area contributed by atoms with Gasteiger partial charge >= 0.3 is 0 Å². The van der Waals surface area contributed by atoms with E-state index in [1.807, 2.05) is 64.7 Å². The van der Waals surface area contributed by atoms with Gasteiger partial charge in [0.25, 0.3) is 0 Å². The lowest BCUT2D eigenvalue weighted by Crippen LogP contribution is -2.29. The maximum Gasteiger partial charge on any atom is 0.242 e. The van der Waals surface area contributed by atoms with Crippen molar-refractivity contribution in [3.05, 3.63) is 77.2 Å². The third-order valence-electron chi connectivity index (χ3n) is 4.40. The average Bonchev–Trinajstić information content (AvgIpc) is 3.43.